The molecule has 0 saturated carbocycles. The molecule has 1 heterocycles. The fraction of sp³-hybridized carbons (Fsp3) is 0.263. The molecule has 3 rings (SSSR count). The normalized spacial score (nSPS) is 16.2. The molecule has 0 aromatic heterocycles. The van der Waals surface area contributed by atoms with Gasteiger partial charge in [0.15, 0.2) is 16.7 Å². The number of halogens is 1. The van der Waals surface area contributed by atoms with Crippen LogP contribution in [0.4, 0.5) is 5.69 Å². The largest absolute Gasteiger partial charge is 0.493 e. The second-order valence-electron chi connectivity index (χ2n) is 5.76. The number of hydrogen-bond acceptors (Lipinski definition) is 5. The first-order valence-electron chi connectivity index (χ1n) is 8.06. The lowest BCUT2D eigenvalue weighted by Crippen LogP contribution is -2.34. The number of thioether (sulfide) groups is 1. The average molecular weight is 391 g/mol. The Kier molecular flexibility index (Phi) is 5.74. The van der Waals surface area contributed by atoms with Crippen molar-refractivity contribution >= 4 is 40.1 Å². The van der Waals surface area contributed by atoms with Crippen LogP contribution in [0.2, 0.25) is 5.02 Å². The van der Waals surface area contributed by atoms with Crippen molar-refractivity contribution < 1.29 is 14.3 Å². The number of rotatable bonds is 4. The second-order valence-corrected chi connectivity index (χ2v) is 7.18. The summed E-state index contributed by atoms with van der Waals surface area (Å²) in [5, 5.41) is 1.29. The predicted octanol–water partition coefficient (Wildman–Crippen LogP) is 4.50. The number of amides is 1. The number of anilines is 1. The molecule has 1 amide bonds. The smallest absolute Gasteiger partial charge is 0.264 e. The Labute approximate surface area is 162 Å². The Hall–Kier alpha value is -2.18. The molecule has 1 atom stereocenters. The van der Waals surface area contributed by atoms with E-state index in [1.807, 2.05) is 19.1 Å². The van der Waals surface area contributed by atoms with Gasteiger partial charge in [-0.3, -0.25) is 14.7 Å². The number of carbonyl (C=O) groups is 1. The molecule has 5 nitrogen and oxygen atoms in total. The fourth-order valence-electron chi connectivity index (χ4n) is 2.58. The highest BCUT2D eigenvalue weighted by atomic mass is 35.5. The lowest BCUT2D eigenvalue weighted by Gasteiger charge is -2.22. The summed E-state index contributed by atoms with van der Waals surface area (Å²) in [5.74, 6) is 1.74. The van der Waals surface area contributed by atoms with Gasteiger partial charge in [-0.25, -0.2) is 0 Å². The molecule has 7 heteroatoms. The zero-order valence-corrected chi connectivity index (χ0v) is 16.3. The van der Waals surface area contributed by atoms with Crippen LogP contribution in [0, 0.1) is 0 Å². The Balaban J connectivity index is 2.02. The lowest BCUT2D eigenvalue weighted by atomic mass is 10.1. The number of nitrogens with zero attached hydrogens (tertiary/aromatic N) is 2. The van der Waals surface area contributed by atoms with Crippen LogP contribution in [-0.4, -0.2) is 37.1 Å². The molecule has 136 valence electrons. The molecule has 1 aliphatic heterocycles. The first-order chi connectivity index (χ1) is 12.5. The highest BCUT2D eigenvalue weighted by Crippen LogP contribution is 2.31. The first-order valence-corrected chi connectivity index (χ1v) is 9.42. The SMILES string of the molecule is COc1ccc(C(=O)N(C2=NC(C)CS2)c2ccc(Cl)cc2)cc1OC. The predicted molar refractivity (Wildman–Crippen MR) is 107 cm³/mol. The van der Waals surface area contributed by atoms with E-state index in [1.54, 1.807) is 61.2 Å². The van der Waals surface area contributed by atoms with E-state index in [2.05, 4.69) is 4.99 Å². The molecular weight excluding hydrogens is 372 g/mol. The first kappa shape index (κ1) is 18.6. The molecule has 0 fully saturated rings. The summed E-state index contributed by atoms with van der Waals surface area (Å²) in [6.45, 7) is 2.03. The third-order valence-corrected chi connectivity index (χ3v) is 5.34. The molecule has 0 saturated heterocycles. The monoisotopic (exact) mass is 390 g/mol. The van der Waals surface area contributed by atoms with Crippen molar-refractivity contribution in [1.82, 2.24) is 0 Å². The Morgan fingerprint density at radius 3 is 2.42 bits per heavy atom. The number of carbonyl (C=O) groups excluding carboxylic acids is 1. The van der Waals surface area contributed by atoms with Crippen molar-refractivity contribution in [2.45, 2.75) is 13.0 Å². The van der Waals surface area contributed by atoms with Crippen LogP contribution < -0.4 is 14.4 Å². The number of aliphatic imine (C=N–C) groups is 1. The molecule has 0 bridgehead atoms. The Morgan fingerprint density at radius 1 is 1.15 bits per heavy atom. The fourth-order valence-corrected chi connectivity index (χ4v) is 3.75. The standard InChI is InChI=1S/C19H19ClN2O3S/c1-12-11-26-19(21-12)22(15-7-5-14(20)6-8-15)18(23)13-4-9-16(24-2)17(10-13)25-3/h4-10,12H,11H2,1-3H3. The van der Waals surface area contributed by atoms with Gasteiger partial charge in [0.2, 0.25) is 0 Å². The van der Waals surface area contributed by atoms with Crippen LogP contribution in [-0.2, 0) is 0 Å². The van der Waals surface area contributed by atoms with E-state index < -0.39 is 0 Å². The summed E-state index contributed by atoms with van der Waals surface area (Å²) < 4.78 is 10.6. The van der Waals surface area contributed by atoms with Crippen molar-refractivity contribution in [3.8, 4) is 11.5 Å². The van der Waals surface area contributed by atoms with E-state index in [0.717, 1.165) is 11.4 Å². The molecular formula is C19H19ClN2O3S. The van der Waals surface area contributed by atoms with Gasteiger partial charge >= 0.3 is 0 Å². The molecule has 0 radical (unpaired) electrons. The minimum Gasteiger partial charge on any atom is -0.493 e. The molecule has 2 aromatic rings. The summed E-state index contributed by atoms with van der Waals surface area (Å²) >= 11 is 7.56. The maximum atomic E-state index is 13.3. The minimum absolute atomic E-state index is 0.169. The van der Waals surface area contributed by atoms with Crippen LogP contribution in [0.15, 0.2) is 47.5 Å². The summed E-state index contributed by atoms with van der Waals surface area (Å²) in [7, 11) is 3.10. The van der Waals surface area contributed by atoms with Gasteiger partial charge < -0.3 is 9.47 Å². The van der Waals surface area contributed by atoms with Crippen molar-refractivity contribution in [2.75, 3.05) is 24.9 Å². The van der Waals surface area contributed by atoms with Crippen molar-refractivity contribution in [2.24, 2.45) is 4.99 Å². The third kappa shape index (κ3) is 3.81. The van der Waals surface area contributed by atoms with Gasteiger partial charge in [0, 0.05) is 16.3 Å². The quantitative estimate of drug-likeness (QED) is 0.771. The van der Waals surface area contributed by atoms with Gasteiger partial charge in [-0.15, -0.1) is 0 Å². The van der Waals surface area contributed by atoms with Crippen LogP contribution in [0.3, 0.4) is 0 Å². The summed E-state index contributed by atoms with van der Waals surface area (Å²) in [6.07, 6.45) is 0. The van der Waals surface area contributed by atoms with Gasteiger partial charge in [0.1, 0.15) is 0 Å². The average Bonchev–Trinajstić information content (AvgIpc) is 3.08. The molecule has 0 N–H and O–H groups in total. The van der Waals surface area contributed by atoms with Crippen molar-refractivity contribution in [3.63, 3.8) is 0 Å². The zero-order valence-electron chi connectivity index (χ0n) is 14.7. The van der Waals surface area contributed by atoms with E-state index in [4.69, 9.17) is 21.1 Å². The van der Waals surface area contributed by atoms with E-state index in [9.17, 15) is 4.79 Å². The van der Waals surface area contributed by atoms with Gasteiger partial charge in [0.25, 0.3) is 5.91 Å². The molecule has 1 aliphatic rings. The van der Waals surface area contributed by atoms with Crippen LogP contribution >= 0.6 is 23.4 Å². The Morgan fingerprint density at radius 2 is 1.85 bits per heavy atom. The second kappa shape index (κ2) is 8.01. The van der Waals surface area contributed by atoms with E-state index in [1.165, 1.54) is 0 Å². The van der Waals surface area contributed by atoms with E-state index >= 15 is 0 Å². The summed E-state index contributed by atoms with van der Waals surface area (Å²) in [4.78, 5) is 19.5. The van der Waals surface area contributed by atoms with Crippen molar-refractivity contribution in [3.05, 3.63) is 53.1 Å². The maximum absolute atomic E-state index is 13.3. The number of amidine groups is 1. The van der Waals surface area contributed by atoms with Gasteiger partial charge in [0.05, 0.1) is 25.9 Å². The molecule has 0 spiro atoms. The molecule has 2 aromatic carbocycles. The lowest BCUT2D eigenvalue weighted by molar-refractivity contribution is 0.100. The molecule has 26 heavy (non-hydrogen) atoms. The number of methoxy groups -OCH3 is 2. The minimum atomic E-state index is -0.186. The molecule has 0 aliphatic carbocycles. The van der Waals surface area contributed by atoms with Crippen LogP contribution in [0.5, 0.6) is 11.5 Å². The van der Waals surface area contributed by atoms with E-state index in [0.29, 0.717) is 27.3 Å². The number of benzene rings is 2. The van der Waals surface area contributed by atoms with E-state index in [-0.39, 0.29) is 11.9 Å². The van der Waals surface area contributed by atoms with Crippen LogP contribution in [0.1, 0.15) is 17.3 Å². The number of hydrogen-bond donors (Lipinski definition) is 0. The van der Waals surface area contributed by atoms with Gasteiger partial charge in [-0.1, -0.05) is 23.4 Å². The summed E-state index contributed by atoms with van der Waals surface area (Å²) in [6, 6.07) is 12.4. The van der Waals surface area contributed by atoms with Gasteiger partial charge in [-0.2, -0.15) is 0 Å². The van der Waals surface area contributed by atoms with Gasteiger partial charge in [-0.05, 0) is 49.4 Å². The number of ether oxygens (including phenoxy) is 2. The zero-order chi connectivity index (χ0) is 18.7. The Bertz CT molecular complexity index is 839. The highest BCUT2D eigenvalue weighted by molar-refractivity contribution is 8.14. The molecule has 1 unspecified atom stereocenters. The van der Waals surface area contributed by atoms with Crippen LogP contribution in [0.25, 0.3) is 0 Å². The maximum Gasteiger partial charge on any atom is 0.264 e. The highest BCUT2D eigenvalue weighted by Gasteiger charge is 2.28. The van der Waals surface area contributed by atoms with Crippen molar-refractivity contribution in [1.29, 1.82) is 0 Å². The topological polar surface area (TPSA) is 51.1 Å². The third-order valence-electron chi connectivity index (χ3n) is 3.89. The summed E-state index contributed by atoms with van der Waals surface area (Å²) in [5.41, 5.74) is 1.20.